The molecule has 0 heterocycles. The predicted octanol–water partition coefficient (Wildman–Crippen LogP) is 3.65. The van der Waals surface area contributed by atoms with Crippen molar-refractivity contribution in [2.75, 3.05) is 6.54 Å². The fraction of sp³-hybridized carbons (Fsp3) is 0.111. The summed E-state index contributed by atoms with van der Waals surface area (Å²) in [6.07, 6.45) is -3.01. The van der Waals surface area contributed by atoms with Gasteiger partial charge in [-0.05, 0) is 29.8 Å². The normalized spacial score (nSPS) is 12.0. The molecule has 0 atom stereocenters. The second kappa shape index (κ2) is 8.01. The number of halogens is 3. The first-order chi connectivity index (χ1) is 11.8. The number of hydrogen-bond acceptors (Lipinski definition) is 2. The summed E-state index contributed by atoms with van der Waals surface area (Å²) >= 11 is 0. The smallest absolute Gasteiger partial charge is 0.208 e. The number of alkyl halides is 3. The van der Waals surface area contributed by atoms with E-state index in [1.165, 1.54) is 18.2 Å². The zero-order valence-electron chi connectivity index (χ0n) is 12.9. The Kier molecular flexibility index (Phi) is 6.02. The van der Waals surface area contributed by atoms with Gasteiger partial charge in [0, 0.05) is 11.0 Å². The van der Waals surface area contributed by atoms with Crippen molar-refractivity contribution < 1.29 is 21.6 Å². The molecule has 25 heavy (non-hydrogen) atoms. The number of hydrogen-bond donors (Lipinski definition) is 1. The van der Waals surface area contributed by atoms with E-state index < -0.39 is 21.8 Å². The second-order valence-corrected chi connectivity index (χ2v) is 6.61. The Morgan fingerprint density at radius 1 is 1.04 bits per heavy atom. The Morgan fingerprint density at radius 3 is 2.44 bits per heavy atom. The van der Waals surface area contributed by atoms with Gasteiger partial charge in [-0.25, -0.2) is 8.42 Å². The number of nitrogens with one attached hydrogen (secondary N) is 1. The van der Waals surface area contributed by atoms with Crippen LogP contribution in [0.5, 0.6) is 0 Å². The quantitative estimate of drug-likeness (QED) is 0.841. The van der Waals surface area contributed by atoms with Crippen molar-refractivity contribution >= 4 is 16.1 Å². The van der Waals surface area contributed by atoms with Crippen LogP contribution in [0.25, 0.3) is 6.08 Å². The van der Waals surface area contributed by atoms with Gasteiger partial charge in [-0.3, -0.25) is 0 Å². The maximum absolute atomic E-state index is 12.6. The molecule has 1 N–H and O–H groups in total. The fourth-order valence-corrected chi connectivity index (χ4v) is 2.54. The molecule has 0 bridgehead atoms. The van der Waals surface area contributed by atoms with Crippen molar-refractivity contribution in [2.45, 2.75) is 6.18 Å². The van der Waals surface area contributed by atoms with Gasteiger partial charge in [0.25, 0.3) is 0 Å². The van der Waals surface area contributed by atoms with Crippen LogP contribution >= 0.6 is 0 Å². The second-order valence-electron chi connectivity index (χ2n) is 4.96. The molecule has 7 heteroatoms. The molecule has 0 unspecified atom stereocenters. The van der Waals surface area contributed by atoms with Crippen LogP contribution in [0.3, 0.4) is 0 Å². The highest BCUT2D eigenvalue weighted by Crippen LogP contribution is 2.29. The van der Waals surface area contributed by atoms with Crippen molar-refractivity contribution in [2.24, 2.45) is 0 Å². The van der Waals surface area contributed by atoms with Crippen LogP contribution in [-0.2, 0) is 16.2 Å². The topological polar surface area (TPSA) is 46.2 Å². The summed E-state index contributed by atoms with van der Waals surface area (Å²) in [7, 11) is -3.68. The minimum atomic E-state index is -4.44. The zero-order valence-corrected chi connectivity index (χ0v) is 13.7. The lowest BCUT2D eigenvalue weighted by molar-refractivity contribution is -0.137. The van der Waals surface area contributed by atoms with Gasteiger partial charge < -0.3 is 0 Å². The summed E-state index contributed by atoms with van der Waals surface area (Å²) in [5.74, 6) is 5.00. The highest BCUT2D eigenvalue weighted by molar-refractivity contribution is 7.92. The molecule has 2 aromatic carbocycles. The molecule has 0 aromatic heterocycles. The molecule has 0 saturated heterocycles. The summed E-state index contributed by atoms with van der Waals surface area (Å²) in [4.78, 5) is 0. The van der Waals surface area contributed by atoms with Crippen LogP contribution < -0.4 is 4.72 Å². The molecular formula is C18H14F3NO2S. The molecule has 0 aliphatic heterocycles. The largest absolute Gasteiger partial charge is 0.416 e. The summed E-state index contributed by atoms with van der Waals surface area (Å²) in [6, 6.07) is 13.4. The lowest BCUT2D eigenvalue weighted by Gasteiger charge is -2.05. The van der Waals surface area contributed by atoms with Crippen LogP contribution in [-0.4, -0.2) is 15.0 Å². The molecule has 0 spiro atoms. The lowest BCUT2D eigenvalue weighted by Crippen LogP contribution is -2.21. The minimum absolute atomic E-state index is 0.161. The molecule has 0 amide bonds. The Morgan fingerprint density at radius 2 is 1.76 bits per heavy atom. The maximum atomic E-state index is 12.6. The molecule has 2 rings (SSSR count). The highest BCUT2D eigenvalue weighted by atomic mass is 32.2. The summed E-state index contributed by atoms with van der Waals surface area (Å²) in [5.41, 5.74) is 0.0856. The van der Waals surface area contributed by atoms with Gasteiger partial charge in [0.05, 0.1) is 12.1 Å². The third-order valence-electron chi connectivity index (χ3n) is 3.02. The Bertz CT molecular complexity index is 909. The van der Waals surface area contributed by atoms with Crippen molar-refractivity contribution in [3.05, 3.63) is 76.7 Å². The molecule has 130 valence electrons. The molecule has 0 saturated carbocycles. The van der Waals surface area contributed by atoms with Gasteiger partial charge in [-0.2, -0.15) is 17.9 Å². The lowest BCUT2D eigenvalue weighted by atomic mass is 10.1. The Labute approximate surface area is 144 Å². The SMILES string of the molecule is O=S(=O)(/C=C/c1ccccc1)NCC#Cc1cccc(C(F)(F)F)c1. The van der Waals surface area contributed by atoms with Crippen LogP contribution in [0.1, 0.15) is 16.7 Å². The Hall–Kier alpha value is -2.56. The van der Waals surface area contributed by atoms with Gasteiger partial charge in [0.1, 0.15) is 0 Å². The zero-order chi connectivity index (χ0) is 18.3. The number of rotatable bonds is 4. The summed E-state index contributed by atoms with van der Waals surface area (Å²) < 4.78 is 63.6. The van der Waals surface area contributed by atoms with Gasteiger partial charge in [0.2, 0.25) is 10.0 Å². The van der Waals surface area contributed by atoms with E-state index in [0.717, 1.165) is 23.1 Å². The van der Waals surface area contributed by atoms with E-state index in [9.17, 15) is 21.6 Å². The molecule has 2 aromatic rings. The van der Waals surface area contributed by atoms with Crippen LogP contribution in [0.2, 0.25) is 0 Å². The van der Waals surface area contributed by atoms with Gasteiger partial charge in [0.15, 0.2) is 0 Å². The van der Waals surface area contributed by atoms with Gasteiger partial charge in [-0.1, -0.05) is 48.2 Å². The summed E-state index contributed by atoms with van der Waals surface area (Å²) in [6.45, 7) is -0.211. The first-order valence-electron chi connectivity index (χ1n) is 7.15. The van der Waals surface area contributed by atoms with Gasteiger partial charge >= 0.3 is 6.18 Å². The highest BCUT2D eigenvalue weighted by Gasteiger charge is 2.30. The van der Waals surface area contributed by atoms with E-state index in [1.807, 2.05) is 6.07 Å². The van der Waals surface area contributed by atoms with Crippen molar-refractivity contribution in [3.8, 4) is 11.8 Å². The van der Waals surface area contributed by atoms with Crippen LogP contribution in [0.15, 0.2) is 60.0 Å². The van der Waals surface area contributed by atoms with Crippen molar-refractivity contribution in [3.63, 3.8) is 0 Å². The standard InChI is InChI=1S/C18H14F3NO2S/c19-18(20,21)17-10-4-8-16(14-17)9-5-12-22-25(23,24)13-11-15-6-2-1-3-7-15/h1-4,6-8,10-11,13-14,22H,12H2/b13-11+. The van der Waals surface area contributed by atoms with Crippen LogP contribution in [0.4, 0.5) is 13.2 Å². The van der Waals surface area contributed by atoms with E-state index in [-0.39, 0.29) is 12.1 Å². The number of sulfonamides is 1. The van der Waals surface area contributed by atoms with Crippen LogP contribution in [0, 0.1) is 11.8 Å². The van der Waals surface area contributed by atoms with E-state index in [4.69, 9.17) is 0 Å². The molecule has 0 fully saturated rings. The average molecular weight is 365 g/mol. The first kappa shape index (κ1) is 18.8. The monoisotopic (exact) mass is 365 g/mol. The molecule has 0 aliphatic carbocycles. The Balaban J connectivity index is 1.97. The minimum Gasteiger partial charge on any atom is -0.208 e. The van der Waals surface area contributed by atoms with E-state index in [1.54, 1.807) is 24.3 Å². The summed E-state index contributed by atoms with van der Waals surface area (Å²) in [5, 5.41) is 1.01. The molecule has 0 aliphatic rings. The van der Waals surface area contributed by atoms with Crippen molar-refractivity contribution in [1.29, 1.82) is 0 Å². The molecular weight excluding hydrogens is 351 g/mol. The average Bonchev–Trinajstić information content (AvgIpc) is 2.58. The van der Waals surface area contributed by atoms with Gasteiger partial charge in [-0.15, -0.1) is 0 Å². The maximum Gasteiger partial charge on any atom is 0.416 e. The molecule has 3 nitrogen and oxygen atoms in total. The first-order valence-corrected chi connectivity index (χ1v) is 8.70. The van der Waals surface area contributed by atoms with E-state index >= 15 is 0 Å². The predicted molar refractivity (Wildman–Crippen MR) is 90.7 cm³/mol. The molecule has 0 radical (unpaired) electrons. The fourth-order valence-electron chi connectivity index (χ4n) is 1.84. The van der Waals surface area contributed by atoms with E-state index in [2.05, 4.69) is 16.6 Å². The van der Waals surface area contributed by atoms with E-state index in [0.29, 0.717) is 0 Å². The number of benzene rings is 2. The third-order valence-corrected chi connectivity index (χ3v) is 4.06. The third kappa shape index (κ3) is 6.45. The van der Waals surface area contributed by atoms with Crippen molar-refractivity contribution in [1.82, 2.24) is 4.72 Å².